The van der Waals surface area contributed by atoms with E-state index < -0.39 is 0 Å². The molecule has 1 atom stereocenters. The minimum absolute atomic E-state index is 0.0125. The zero-order valence-corrected chi connectivity index (χ0v) is 18.6. The van der Waals surface area contributed by atoms with Gasteiger partial charge in [-0.05, 0) is 30.5 Å². The van der Waals surface area contributed by atoms with Crippen molar-refractivity contribution in [3.63, 3.8) is 0 Å². The Labute approximate surface area is 193 Å². The molecule has 3 aromatic rings. The van der Waals surface area contributed by atoms with E-state index in [0.29, 0.717) is 18.9 Å². The normalized spacial score (nSPS) is 19.1. The highest BCUT2D eigenvalue weighted by molar-refractivity contribution is 5.77. The summed E-state index contributed by atoms with van der Waals surface area (Å²) in [5, 5.41) is 11.9. The molecule has 0 radical (unpaired) electrons. The molecule has 33 heavy (non-hydrogen) atoms. The third-order valence-corrected chi connectivity index (χ3v) is 6.29. The van der Waals surface area contributed by atoms with Gasteiger partial charge in [0.05, 0.1) is 18.8 Å². The van der Waals surface area contributed by atoms with Crippen molar-refractivity contribution in [2.75, 3.05) is 19.7 Å². The van der Waals surface area contributed by atoms with Crippen LogP contribution in [0.4, 0.5) is 0 Å². The molecule has 0 bridgehead atoms. The number of fused-ring (bicyclic) bond motifs is 1. The zero-order valence-electron chi connectivity index (χ0n) is 18.6. The maximum Gasteiger partial charge on any atom is 0.258 e. The van der Waals surface area contributed by atoms with Crippen molar-refractivity contribution in [2.24, 2.45) is 0 Å². The third-order valence-electron chi connectivity index (χ3n) is 6.29. The predicted octanol–water partition coefficient (Wildman–Crippen LogP) is 2.71. The highest BCUT2D eigenvalue weighted by Crippen LogP contribution is 2.27. The van der Waals surface area contributed by atoms with Crippen LogP contribution in [0.3, 0.4) is 0 Å². The average molecular weight is 448 g/mol. The quantitative estimate of drug-likeness (QED) is 0.600. The van der Waals surface area contributed by atoms with Crippen molar-refractivity contribution < 1.29 is 14.3 Å². The zero-order chi connectivity index (χ0) is 22.5. The lowest BCUT2D eigenvalue weighted by atomic mass is 10.0. The monoisotopic (exact) mass is 447 g/mol. The number of hydrogen-bond donors (Lipinski definition) is 1. The second-order valence-electron chi connectivity index (χ2n) is 8.59. The lowest BCUT2D eigenvalue weighted by Crippen LogP contribution is -2.45. The predicted molar refractivity (Wildman–Crippen MR) is 122 cm³/mol. The fraction of sp³-hybridized carbons (Fsp3) is 0.400. The summed E-state index contributed by atoms with van der Waals surface area (Å²) in [6.45, 7) is 3.82. The summed E-state index contributed by atoms with van der Waals surface area (Å²) in [7, 11) is 0. The smallest absolute Gasteiger partial charge is 0.258 e. The summed E-state index contributed by atoms with van der Waals surface area (Å²) < 4.78 is 13.6. The van der Waals surface area contributed by atoms with Crippen molar-refractivity contribution in [3.8, 4) is 5.75 Å². The molecule has 3 heterocycles. The van der Waals surface area contributed by atoms with Gasteiger partial charge in [0.25, 0.3) is 5.91 Å². The number of amides is 1. The lowest BCUT2D eigenvalue weighted by Gasteiger charge is -2.32. The summed E-state index contributed by atoms with van der Waals surface area (Å²) >= 11 is 0. The highest BCUT2D eigenvalue weighted by Gasteiger charge is 2.27. The molecule has 2 aliphatic rings. The Morgan fingerprint density at radius 3 is 2.55 bits per heavy atom. The van der Waals surface area contributed by atoms with E-state index in [0.717, 1.165) is 43.9 Å². The fourth-order valence-corrected chi connectivity index (χ4v) is 4.44. The van der Waals surface area contributed by atoms with E-state index >= 15 is 0 Å². The maximum absolute atomic E-state index is 12.2. The minimum Gasteiger partial charge on any atom is -0.484 e. The molecule has 1 fully saturated rings. The second-order valence-corrected chi connectivity index (χ2v) is 8.59. The second kappa shape index (κ2) is 10.1. The van der Waals surface area contributed by atoms with E-state index in [1.54, 1.807) is 0 Å². The first-order valence-electron chi connectivity index (χ1n) is 11.5. The molecule has 8 heteroatoms. The fourth-order valence-electron chi connectivity index (χ4n) is 4.44. The Morgan fingerprint density at radius 2 is 1.79 bits per heavy atom. The summed E-state index contributed by atoms with van der Waals surface area (Å²) in [5.74, 6) is 0.633. The number of nitrogens with one attached hydrogen (secondary N) is 1. The average Bonchev–Trinajstić information content (AvgIpc) is 3.27. The number of para-hydroxylation sites is 1. The third kappa shape index (κ3) is 5.40. The summed E-state index contributed by atoms with van der Waals surface area (Å²) in [6, 6.07) is 19.8. The Morgan fingerprint density at radius 1 is 1.06 bits per heavy atom. The summed E-state index contributed by atoms with van der Waals surface area (Å²) in [5.41, 5.74) is 3.22. The molecule has 1 amide bonds. The molecule has 1 N–H and O–H groups in total. The number of rotatable bonds is 7. The molecule has 0 saturated carbocycles. The molecular formula is C25H29N5O3. The Kier molecular flexibility index (Phi) is 6.64. The van der Waals surface area contributed by atoms with Crippen molar-refractivity contribution >= 4 is 5.91 Å². The highest BCUT2D eigenvalue weighted by atomic mass is 16.5. The molecule has 0 unspecified atom stereocenters. The molecule has 2 aliphatic heterocycles. The van der Waals surface area contributed by atoms with Gasteiger partial charge in [0.15, 0.2) is 6.61 Å². The van der Waals surface area contributed by atoms with Gasteiger partial charge in [0.2, 0.25) is 0 Å². The maximum atomic E-state index is 12.2. The molecule has 0 spiro atoms. The molecule has 8 nitrogen and oxygen atoms in total. The van der Waals surface area contributed by atoms with Crippen LogP contribution < -0.4 is 10.1 Å². The van der Waals surface area contributed by atoms with Gasteiger partial charge in [-0.25, -0.2) is 4.68 Å². The Bertz CT molecular complexity index is 1050. The SMILES string of the molecule is O=C(COc1ccccc1)NC1CCN(Cc2nnn3c2CO[C@H](c2ccccc2)C3)CC1. The number of ether oxygens (including phenoxy) is 2. The van der Waals surface area contributed by atoms with Crippen LogP contribution in [0.5, 0.6) is 5.75 Å². The number of hydrogen-bond acceptors (Lipinski definition) is 6. The first-order chi connectivity index (χ1) is 16.2. The first kappa shape index (κ1) is 21.6. The largest absolute Gasteiger partial charge is 0.484 e. The van der Waals surface area contributed by atoms with E-state index in [2.05, 4.69) is 32.7 Å². The van der Waals surface area contributed by atoms with E-state index in [1.165, 1.54) is 5.56 Å². The minimum atomic E-state index is -0.0743. The van der Waals surface area contributed by atoms with Gasteiger partial charge < -0.3 is 14.8 Å². The van der Waals surface area contributed by atoms with Crippen molar-refractivity contribution in [3.05, 3.63) is 77.6 Å². The van der Waals surface area contributed by atoms with E-state index in [9.17, 15) is 4.79 Å². The molecule has 1 aromatic heterocycles. The Hall–Kier alpha value is -3.23. The van der Waals surface area contributed by atoms with Gasteiger partial charge in [-0.1, -0.05) is 53.7 Å². The number of carbonyl (C=O) groups is 1. The van der Waals surface area contributed by atoms with Crippen LogP contribution in [-0.2, 0) is 29.2 Å². The number of carbonyl (C=O) groups excluding carboxylic acids is 1. The summed E-state index contributed by atoms with van der Waals surface area (Å²) in [4.78, 5) is 14.6. The molecule has 2 aromatic carbocycles. The van der Waals surface area contributed by atoms with Crippen molar-refractivity contribution in [2.45, 2.75) is 44.7 Å². The van der Waals surface area contributed by atoms with Gasteiger partial charge in [0.1, 0.15) is 17.5 Å². The van der Waals surface area contributed by atoms with Crippen LogP contribution in [-0.4, -0.2) is 51.5 Å². The van der Waals surface area contributed by atoms with Gasteiger partial charge in [0, 0.05) is 25.7 Å². The van der Waals surface area contributed by atoms with Gasteiger partial charge >= 0.3 is 0 Å². The topological polar surface area (TPSA) is 81.5 Å². The molecule has 0 aliphatic carbocycles. The van der Waals surface area contributed by atoms with Gasteiger partial charge in [-0.2, -0.15) is 0 Å². The van der Waals surface area contributed by atoms with E-state index in [1.807, 2.05) is 53.2 Å². The van der Waals surface area contributed by atoms with Crippen LogP contribution in [0.2, 0.25) is 0 Å². The van der Waals surface area contributed by atoms with Crippen LogP contribution in [0.15, 0.2) is 60.7 Å². The molecule has 172 valence electrons. The summed E-state index contributed by atoms with van der Waals surface area (Å²) in [6.07, 6.45) is 1.83. The van der Waals surface area contributed by atoms with Crippen LogP contribution in [0.25, 0.3) is 0 Å². The molecular weight excluding hydrogens is 418 g/mol. The first-order valence-corrected chi connectivity index (χ1v) is 11.5. The van der Waals surface area contributed by atoms with Gasteiger partial charge in [-0.15, -0.1) is 5.10 Å². The van der Waals surface area contributed by atoms with Crippen LogP contribution in [0.1, 0.15) is 35.9 Å². The number of likely N-dealkylation sites (tertiary alicyclic amines) is 1. The standard InChI is InChI=1S/C25H29N5O3/c31-25(18-32-21-9-5-2-6-10-21)26-20-11-13-29(14-12-20)15-22-23-17-33-24(16-30(23)28-27-22)19-7-3-1-4-8-19/h1-10,20,24H,11-18H2,(H,26,31)/t24-/m0/s1. The van der Waals surface area contributed by atoms with Crippen LogP contribution in [0, 0.1) is 0 Å². The van der Waals surface area contributed by atoms with E-state index in [-0.39, 0.29) is 24.7 Å². The van der Waals surface area contributed by atoms with Gasteiger partial charge in [-0.3, -0.25) is 9.69 Å². The number of aromatic nitrogens is 3. The number of benzene rings is 2. The molecule has 1 saturated heterocycles. The lowest BCUT2D eigenvalue weighted by molar-refractivity contribution is -0.124. The number of piperidine rings is 1. The van der Waals surface area contributed by atoms with Crippen LogP contribution >= 0.6 is 0 Å². The Balaban J connectivity index is 1.08. The number of nitrogens with zero attached hydrogens (tertiary/aromatic N) is 4. The molecule has 5 rings (SSSR count). The van der Waals surface area contributed by atoms with Crippen molar-refractivity contribution in [1.82, 2.24) is 25.2 Å². The van der Waals surface area contributed by atoms with E-state index in [4.69, 9.17) is 9.47 Å². The van der Waals surface area contributed by atoms with Crippen molar-refractivity contribution in [1.29, 1.82) is 0 Å².